The van der Waals surface area contributed by atoms with Gasteiger partial charge in [-0.2, -0.15) is 0 Å². The number of halogens is 3. The highest BCUT2D eigenvalue weighted by molar-refractivity contribution is 5.91. The number of amides is 2. The zero-order chi connectivity index (χ0) is 13.0. The molecule has 94 valence electrons. The van der Waals surface area contributed by atoms with Gasteiger partial charge in [0, 0.05) is 26.3 Å². The number of carbonyl (C=O) groups is 1. The monoisotopic (exact) mass is 248 g/mol. The Morgan fingerprint density at radius 3 is 2.29 bits per heavy atom. The van der Waals surface area contributed by atoms with E-state index in [0.29, 0.717) is 17.0 Å². The Balaban J connectivity index is 3.22. The predicted octanol–water partition coefficient (Wildman–Crippen LogP) is 1.85. The van der Waals surface area contributed by atoms with E-state index in [1.807, 2.05) is 0 Å². The van der Waals surface area contributed by atoms with Crippen LogP contribution in [-0.2, 0) is 4.74 Å². The zero-order valence-corrected chi connectivity index (χ0v) is 9.26. The SMILES string of the molecule is CNC(=O)N(COC)c1c(F)cc(F)cc1F. The maximum Gasteiger partial charge on any atom is 0.323 e. The van der Waals surface area contributed by atoms with Crippen LogP contribution in [-0.4, -0.2) is 26.9 Å². The summed E-state index contributed by atoms with van der Waals surface area (Å²) in [6.07, 6.45) is 0. The topological polar surface area (TPSA) is 41.6 Å². The van der Waals surface area contributed by atoms with Gasteiger partial charge in [0.2, 0.25) is 0 Å². The maximum absolute atomic E-state index is 13.4. The van der Waals surface area contributed by atoms with Crippen molar-refractivity contribution in [2.24, 2.45) is 0 Å². The Bertz CT molecular complexity index is 403. The van der Waals surface area contributed by atoms with Crippen molar-refractivity contribution in [2.75, 3.05) is 25.8 Å². The second-order valence-corrected chi connectivity index (χ2v) is 3.12. The Morgan fingerprint density at radius 2 is 1.88 bits per heavy atom. The van der Waals surface area contributed by atoms with Crippen molar-refractivity contribution in [1.82, 2.24) is 5.32 Å². The van der Waals surface area contributed by atoms with Crippen LogP contribution in [0.3, 0.4) is 0 Å². The maximum atomic E-state index is 13.4. The van der Waals surface area contributed by atoms with Gasteiger partial charge in [-0.25, -0.2) is 18.0 Å². The molecule has 0 saturated heterocycles. The van der Waals surface area contributed by atoms with Crippen LogP contribution >= 0.6 is 0 Å². The standard InChI is InChI=1S/C10H11F3N2O2/c1-14-10(16)15(5-17-2)9-7(12)3-6(11)4-8(9)13/h3-4H,5H2,1-2H3,(H,14,16). The van der Waals surface area contributed by atoms with Gasteiger partial charge in [0.1, 0.15) is 18.2 Å². The van der Waals surface area contributed by atoms with Crippen molar-refractivity contribution in [2.45, 2.75) is 0 Å². The molecule has 1 aromatic carbocycles. The van der Waals surface area contributed by atoms with E-state index < -0.39 is 29.2 Å². The molecule has 0 aliphatic carbocycles. The summed E-state index contributed by atoms with van der Waals surface area (Å²) in [5.74, 6) is -3.41. The summed E-state index contributed by atoms with van der Waals surface area (Å²) in [6.45, 7) is -0.362. The number of anilines is 1. The third-order valence-electron chi connectivity index (χ3n) is 1.97. The Morgan fingerprint density at radius 1 is 1.35 bits per heavy atom. The van der Waals surface area contributed by atoms with Gasteiger partial charge in [0.05, 0.1) is 0 Å². The molecule has 7 heteroatoms. The molecule has 0 aliphatic heterocycles. The normalized spacial score (nSPS) is 10.2. The highest BCUT2D eigenvalue weighted by atomic mass is 19.1. The average Bonchev–Trinajstić information content (AvgIpc) is 2.25. The van der Waals surface area contributed by atoms with Crippen LogP contribution < -0.4 is 10.2 Å². The first-order valence-corrected chi connectivity index (χ1v) is 4.64. The van der Waals surface area contributed by atoms with E-state index in [0.717, 1.165) is 0 Å². The van der Waals surface area contributed by atoms with Gasteiger partial charge in [-0.15, -0.1) is 0 Å². The number of hydrogen-bond donors (Lipinski definition) is 1. The molecule has 1 rings (SSSR count). The number of ether oxygens (including phenoxy) is 1. The van der Waals surface area contributed by atoms with E-state index in [4.69, 9.17) is 0 Å². The van der Waals surface area contributed by atoms with Crippen LogP contribution in [0.25, 0.3) is 0 Å². The quantitative estimate of drug-likeness (QED) is 0.829. The van der Waals surface area contributed by atoms with Crippen LogP contribution in [0.4, 0.5) is 23.7 Å². The fourth-order valence-corrected chi connectivity index (χ4v) is 1.28. The van der Waals surface area contributed by atoms with Crippen LogP contribution in [0.15, 0.2) is 12.1 Å². The second kappa shape index (κ2) is 5.53. The second-order valence-electron chi connectivity index (χ2n) is 3.12. The molecule has 0 aromatic heterocycles. The Labute approximate surface area is 96.0 Å². The number of methoxy groups -OCH3 is 1. The van der Waals surface area contributed by atoms with E-state index >= 15 is 0 Å². The molecule has 0 saturated carbocycles. The minimum atomic E-state index is -1.18. The lowest BCUT2D eigenvalue weighted by Gasteiger charge is -2.22. The van der Waals surface area contributed by atoms with Crippen molar-refractivity contribution < 1.29 is 22.7 Å². The molecule has 2 amide bonds. The largest absolute Gasteiger partial charge is 0.364 e. The third-order valence-corrected chi connectivity index (χ3v) is 1.97. The van der Waals surface area contributed by atoms with E-state index in [1.165, 1.54) is 14.2 Å². The summed E-state index contributed by atoms with van der Waals surface area (Å²) in [5, 5.41) is 2.20. The lowest BCUT2D eigenvalue weighted by atomic mass is 10.2. The summed E-state index contributed by atoms with van der Waals surface area (Å²) in [6, 6.07) is 0.213. The van der Waals surface area contributed by atoms with Crippen molar-refractivity contribution in [3.63, 3.8) is 0 Å². The average molecular weight is 248 g/mol. The third kappa shape index (κ3) is 2.88. The van der Waals surface area contributed by atoms with Crippen molar-refractivity contribution in [1.29, 1.82) is 0 Å². The number of rotatable bonds is 3. The van der Waals surface area contributed by atoms with Gasteiger partial charge in [0.15, 0.2) is 11.6 Å². The molecule has 0 bridgehead atoms. The number of hydrogen-bond acceptors (Lipinski definition) is 2. The number of carbonyl (C=O) groups excluding carboxylic acids is 1. The number of urea groups is 1. The zero-order valence-electron chi connectivity index (χ0n) is 9.26. The fraction of sp³-hybridized carbons (Fsp3) is 0.300. The lowest BCUT2D eigenvalue weighted by Crippen LogP contribution is -2.40. The molecule has 0 atom stereocenters. The molecule has 1 aromatic rings. The molecule has 0 unspecified atom stereocenters. The van der Waals surface area contributed by atoms with Crippen LogP contribution in [0.5, 0.6) is 0 Å². The highest BCUT2D eigenvalue weighted by Gasteiger charge is 2.23. The van der Waals surface area contributed by atoms with Crippen LogP contribution in [0.2, 0.25) is 0 Å². The molecule has 1 N–H and O–H groups in total. The van der Waals surface area contributed by atoms with Gasteiger partial charge in [0.25, 0.3) is 0 Å². The summed E-state index contributed by atoms with van der Waals surface area (Å²) in [4.78, 5) is 12.1. The molecule has 0 aliphatic rings. The molecule has 4 nitrogen and oxygen atoms in total. The molecular weight excluding hydrogens is 237 g/mol. The number of nitrogens with zero attached hydrogens (tertiary/aromatic N) is 1. The summed E-state index contributed by atoms with van der Waals surface area (Å²) >= 11 is 0. The Kier molecular flexibility index (Phi) is 4.33. The first kappa shape index (κ1) is 13.3. The van der Waals surface area contributed by atoms with Gasteiger partial charge in [-0.05, 0) is 0 Å². The van der Waals surface area contributed by atoms with E-state index in [2.05, 4.69) is 10.1 Å². The molecule has 17 heavy (non-hydrogen) atoms. The summed E-state index contributed by atoms with van der Waals surface area (Å²) in [7, 11) is 2.56. The molecule has 0 fully saturated rings. The molecular formula is C10H11F3N2O2. The van der Waals surface area contributed by atoms with Gasteiger partial charge >= 0.3 is 6.03 Å². The summed E-state index contributed by atoms with van der Waals surface area (Å²) < 4.78 is 44.2. The number of benzene rings is 1. The van der Waals surface area contributed by atoms with Crippen molar-refractivity contribution in [3.8, 4) is 0 Å². The van der Waals surface area contributed by atoms with Crippen molar-refractivity contribution in [3.05, 3.63) is 29.6 Å². The molecule has 0 radical (unpaired) electrons. The predicted molar refractivity (Wildman–Crippen MR) is 55.1 cm³/mol. The van der Waals surface area contributed by atoms with E-state index in [1.54, 1.807) is 0 Å². The summed E-state index contributed by atoms with van der Waals surface area (Å²) in [5.41, 5.74) is -0.660. The van der Waals surface area contributed by atoms with Gasteiger partial charge < -0.3 is 10.1 Å². The smallest absolute Gasteiger partial charge is 0.323 e. The first-order chi connectivity index (χ1) is 8.01. The van der Waals surface area contributed by atoms with Crippen LogP contribution in [0, 0.1) is 17.5 Å². The highest BCUT2D eigenvalue weighted by Crippen LogP contribution is 2.24. The Hall–Kier alpha value is -1.76. The first-order valence-electron chi connectivity index (χ1n) is 4.64. The van der Waals surface area contributed by atoms with Crippen LogP contribution in [0.1, 0.15) is 0 Å². The number of nitrogens with one attached hydrogen (secondary N) is 1. The molecule has 0 heterocycles. The fourth-order valence-electron chi connectivity index (χ4n) is 1.28. The van der Waals surface area contributed by atoms with Gasteiger partial charge in [-0.1, -0.05) is 0 Å². The lowest BCUT2D eigenvalue weighted by molar-refractivity contribution is 0.190. The minimum Gasteiger partial charge on any atom is -0.364 e. The van der Waals surface area contributed by atoms with E-state index in [-0.39, 0.29) is 6.73 Å². The van der Waals surface area contributed by atoms with Gasteiger partial charge in [-0.3, -0.25) is 4.90 Å². The minimum absolute atomic E-state index is 0.362. The van der Waals surface area contributed by atoms with E-state index in [9.17, 15) is 18.0 Å². The molecule has 0 spiro atoms. The van der Waals surface area contributed by atoms with Crippen molar-refractivity contribution >= 4 is 11.7 Å².